The predicted octanol–water partition coefficient (Wildman–Crippen LogP) is 4.36. The topological polar surface area (TPSA) is 64.0 Å². The van der Waals surface area contributed by atoms with Gasteiger partial charge in [0.1, 0.15) is 0 Å². The SMILES string of the molecule is CCCCNC(=O)CSc1nc2cc(Cl)ccc2c(=O)n1-c1cccc(C)c1. The van der Waals surface area contributed by atoms with E-state index in [1.807, 2.05) is 31.2 Å². The van der Waals surface area contributed by atoms with Gasteiger partial charge in [0.25, 0.3) is 5.56 Å². The number of halogens is 1. The minimum atomic E-state index is -0.179. The first-order valence-electron chi connectivity index (χ1n) is 9.18. The number of hydrogen-bond acceptors (Lipinski definition) is 4. The molecule has 0 spiro atoms. The fourth-order valence-corrected chi connectivity index (χ4v) is 3.82. The summed E-state index contributed by atoms with van der Waals surface area (Å²) in [5.41, 5.74) is 2.11. The minimum absolute atomic E-state index is 0.0744. The van der Waals surface area contributed by atoms with Gasteiger partial charge in [0.15, 0.2) is 5.16 Å². The third-order valence-electron chi connectivity index (χ3n) is 4.25. The molecule has 1 amide bonds. The summed E-state index contributed by atoms with van der Waals surface area (Å²) in [5, 5.41) is 4.36. The van der Waals surface area contributed by atoms with Crippen LogP contribution in [0.2, 0.25) is 5.02 Å². The fourth-order valence-electron chi connectivity index (χ4n) is 2.82. The fraction of sp³-hybridized carbons (Fsp3) is 0.286. The molecule has 0 aliphatic carbocycles. The number of hydrogen-bond donors (Lipinski definition) is 1. The van der Waals surface area contributed by atoms with Gasteiger partial charge in [-0.25, -0.2) is 4.98 Å². The van der Waals surface area contributed by atoms with Gasteiger partial charge in [-0.2, -0.15) is 0 Å². The highest BCUT2D eigenvalue weighted by Crippen LogP contribution is 2.23. The number of nitrogens with one attached hydrogen (secondary N) is 1. The van der Waals surface area contributed by atoms with Gasteiger partial charge in [-0.1, -0.05) is 48.8 Å². The lowest BCUT2D eigenvalue weighted by Gasteiger charge is -2.14. The highest BCUT2D eigenvalue weighted by molar-refractivity contribution is 7.99. The summed E-state index contributed by atoms with van der Waals surface area (Å²) >= 11 is 7.33. The number of carbonyl (C=O) groups is 1. The number of rotatable bonds is 7. The van der Waals surface area contributed by atoms with E-state index >= 15 is 0 Å². The van der Waals surface area contributed by atoms with E-state index in [2.05, 4.69) is 17.2 Å². The molecule has 0 fully saturated rings. The molecule has 28 heavy (non-hydrogen) atoms. The molecule has 3 rings (SSSR count). The van der Waals surface area contributed by atoms with Gasteiger partial charge in [0, 0.05) is 11.6 Å². The van der Waals surface area contributed by atoms with Crippen LogP contribution in [0, 0.1) is 6.92 Å². The van der Waals surface area contributed by atoms with Crippen LogP contribution in [0.1, 0.15) is 25.3 Å². The summed E-state index contributed by atoms with van der Waals surface area (Å²) in [7, 11) is 0. The largest absolute Gasteiger partial charge is 0.355 e. The lowest BCUT2D eigenvalue weighted by atomic mass is 10.2. The highest BCUT2D eigenvalue weighted by atomic mass is 35.5. The second-order valence-electron chi connectivity index (χ2n) is 6.53. The molecular formula is C21H22ClN3O2S. The van der Waals surface area contributed by atoms with Crippen LogP contribution in [-0.2, 0) is 4.79 Å². The van der Waals surface area contributed by atoms with Crippen molar-refractivity contribution in [3.63, 3.8) is 0 Å². The van der Waals surface area contributed by atoms with Crippen LogP contribution < -0.4 is 10.9 Å². The van der Waals surface area contributed by atoms with Gasteiger partial charge in [0.2, 0.25) is 5.91 Å². The smallest absolute Gasteiger partial charge is 0.266 e. The Morgan fingerprint density at radius 1 is 1.25 bits per heavy atom. The Bertz CT molecular complexity index is 1070. The number of fused-ring (bicyclic) bond motifs is 1. The van der Waals surface area contributed by atoms with Crippen molar-refractivity contribution in [1.29, 1.82) is 0 Å². The molecule has 0 saturated carbocycles. The predicted molar refractivity (Wildman–Crippen MR) is 116 cm³/mol. The zero-order chi connectivity index (χ0) is 20.1. The van der Waals surface area contributed by atoms with Gasteiger partial charge in [0.05, 0.1) is 22.3 Å². The van der Waals surface area contributed by atoms with Crippen molar-refractivity contribution < 1.29 is 4.79 Å². The van der Waals surface area contributed by atoms with Crippen molar-refractivity contribution in [3.8, 4) is 5.69 Å². The summed E-state index contributed by atoms with van der Waals surface area (Å²) < 4.78 is 1.56. The van der Waals surface area contributed by atoms with E-state index in [1.165, 1.54) is 11.8 Å². The Hall–Kier alpha value is -2.31. The minimum Gasteiger partial charge on any atom is -0.355 e. The Labute approximate surface area is 173 Å². The molecule has 7 heteroatoms. The van der Waals surface area contributed by atoms with E-state index in [1.54, 1.807) is 22.8 Å². The quantitative estimate of drug-likeness (QED) is 0.354. The molecule has 0 bridgehead atoms. The number of benzene rings is 2. The van der Waals surface area contributed by atoms with Gasteiger partial charge < -0.3 is 5.32 Å². The van der Waals surface area contributed by atoms with Crippen molar-refractivity contribution in [2.75, 3.05) is 12.3 Å². The lowest BCUT2D eigenvalue weighted by Crippen LogP contribution is -2.27. The van der Waals surface area contributed by atoms with E-state index in [-0.39, 0.29) is 17.2 Å². The molecule has 0 unspecified atom stereocenters. The first kappa shape index (κ1) is 20.4. The van der Waals surface area contributed by atoms with Crippen LogP contribution >= 0.6 is 23.4 Å². The van der Waals surface area contributed by atoms with E-state index in [0.29, 0.717) is 27.6 Å². The summed E-state index contributed by atoms with van der Waals surface area (Å²) in [6.07, 6.45) is 1.96. The molecule has 3 aromatic rings. The van der Waals surface area contributed by atoms with Crippen molar-refractivity contribution in [3.05, 3.63) is 63.4 Å². The van der Waals surface area contributed by atoms with E-state index in [4.69, 9.17) is 11.6 Å². The zero-order valence-corrected chi connectivity index (χ0v) is 17.4. The van der Waals surface area contributed by atoms with Crippen molar-refractivity contribution >= 4 is 40.2 Å². The maximum Gasteiger partial charge on any atom is 0.266 e. The van der Waals surface area contributed by atoms with Gasteiger partial charge in [-0.15, -0.1) is 0 Å². The summed E-state index contributed by atoms with van der Waals surface area (Å²) in [5.74, 6) is 0.114. The highest BCUT2D eigenvalue weighted by Gasteiger charge is 2.15. The Morgan fingerprint density at radius 3 is 2.82 bits per heavy atom. The number of amides is 1. The van der Waals surface area contributed by atoms with Crippen LogP contribution in [0.15, 0.2) is 52.4 Å². The van der Waals surface area contributed by atoms with Crippen molar-refractivity contribution in [2.24, 2.45) is 0 Å². The molecule has 1 N–H and O–H groups in total. The van der Waals surface area contributed by atoms with E-state index in [0.717, 1.165) is 24.1 Å². The van der Waals surface area contributed by atoms with Gasteiger partial charge >= 0.3 is 0 Å². The van der Waals surface area contributed by atoms with Crippen molar-refractivity contribution in [1.82, 2.24) is 14.9 Å². The first-order valence-corrected chi connectivity index (χ1v) is 10.5. The summed E-state index contributed by atoms with van der Waals surface area (Å²) in [6, 6.07) is 12.7. The molecule has 0 aliphatic rings. The molecule has 0 saturated heterocycles. The molecule has 0 aliphatic heterocycles. The molecule has 146 valence electrons. The zero-order valence-electron chi connectivity index (χ0n) is 15.9. The standard InChI is InChI=1S/C21H22ClN3O2S/c1-3-4-10-23-19(26)13-28-21-24-18-12-15(22)8-9-17(18)20(27)25(21)16-7-5-6-14(2)11-16/h5-9,11-12H,3-4,10,13H2,1-2H3,(H,23,26). The Balaban J connectivity index is 2.02. The molecular weight excluding hydrogens is 394 g/mol. The van der Waals surface area contributed by atoms with Crippen LogP contribution in [0.3, 0.4) is 0 Å². The summed E-state index contributed by atoms with van der Waals surface area (Å²) in [6.45, 7) is 4.70. The first-order chi connectivity index (χ1) is 13.5. The number of aromatic nitrogens is 2. The molecule has 0 radical (unpaired) electrons. The lowest BCUT2D eigenvalue weighted by molar-refractivity contribution is -0.118. The number of thioether (sulfide) groups is 1. The molecule has 1 heterocycles. The van der Waals surface area contributed by atoms with Gasteiger partial charge in [-0.05, 0) is 49.2 Å². The van der Waals surface area contributed by atoms with Crippen LogP contribution in [0.25, 0.3) is 16.6 Å². The van der Waals surface area contributed by atoms with Crippen LogP contribution in [0.5, 0.6) is 0 Å². The molecule has 5 nitrogen and oxygen atoms in total. The average molecular weight is 416 g/mol. The Morgan fingerprint density at radius 2 is 2.07 bits per heavy atom. The second-order valence-corrected chi connectivity index (χ2v) is 7.91. The number of nitrogens with zero attached hydrogens (tertiary/aromatic N) is 2. The van der Waals surface area contributed by atoms with Crippen LogP contribution in [0.4, 0.5) is 0 Å². The number of aryl methyl sites for hydroxylation is 1. The third kappa shape index (κ3) is 4.75. The van der Waals surface area contributed by atoms with Gasteiger partial charge in [-0.3, -0.25) is 14.2 Å². The third-order valence-corrected chi connectivity index (χ3v) is 5.42. The van der Waals surface area contributed by atoms with Crippen LogP contribution in [-0.4, -0.2) is 27.8 Å². The second kappa shape index (κ2) is 9.26. The molecule has 1 aromatic heterocycles. The number of carbonyl (C=O) groups excluding carboxylic acids is 1. The van der Waals surface area contributed by atoms with E-state index < -0.39 is 0 Å². The van der Waals surface area contributed by atoms with E-state index in [9.17, 15) is 9.59 Å². The summed E-state index contributed by atoms with van der Waals surface area (Å²) in [4.78, 5) is 30.0. The number of unbranched alkanes of at least 4 members (excludes halogenated alkanes) is 1. The Kier molecular flexibility index (Phi) is 6.75. The van der Waals surface area contributed by atoms with Crippen molar-refractivity contribution in [2.45, 2.75) is 31.8 Å². The molecule has 0 atom stereocenters. The maximum atomic E-state index is 13.2. The molecule has 2 aromatic carbocycles. The normalized spacial score (nSPS) is 11.0. The average Bonchev–Trinajstić information content (AvgIpc) is 2.66. The monoisotopic (exact) mass is 415 g/mol. The maximum absolute atomic E-state index is 13.2.